The number of pyridine rings is 1. The normalized spacial score (nSPS) is 24.5. The summed E-state index contributed by atoms with van der Waals surface area (Å²) < 4.78 is 58.6. The van der Waals surface area contributed by atoms with E-state index in [1.54, 1.807) is 0 Å². The number of nitrogens with one attached hydrogen (secondary N) is 1. The number of halogens is 3. The van der Waals surface area contributed by atoms with Gasteiger partial charge in [-0.25, -0.2) is 18.2 Å². The molecule has 3 saturated heterocycles. The Balaban J connectivity index is 1.33. The second-order valence-electron chi connectivity index (χ2n) is 12.3. The van der Waals surface area contributed by atoms with Crippen molar-refractivity contribution in [2.45, 2.75) is 43.4 Å². The predicted octanol–water partition coefficient (Wildman–Crippen LogP) is 4.33. The number of anilines is 1. The fourth-order valence-electron chi connectivity index (χ4n) is 7.67. The van der Waals surface area contributed by atoms with Crippen LogP contribution in [-0.2, 0) is 0 Å². The molecular weight excluding hydrogens is 585 g/mol. The van der Waals surface area contributed by atoms with Crippen LogP contribution >= 0.6 is 0 Å². The van der Waals surface area contributed by atoms with Gasteiger partial charge in [0.2, 0.25) is 5.88 Å². The lowest BCUT2D eigenvalue weighted by Gasteiger charge is -2.31. The number of phenols is 1. The van der Waals surface area contributed by atoms with Gasteiger partial charge >= 0.3 is 6.01 Å². The number of hydrogen-bond acceptors (Lipinski definition) is 9. The SMILES string of the molecule is C#Cc1c(F)ccc2cc(O)cc(-c3nc4c5c(nc(OC[C@@]67CCCN6C[C@H](F)C7)nc5c3F)N(C3CCNC3)CCO4)c12. The Morgan fingerprint density at radius 2 is 2.07 bits per heavy atom. The minimum absolute atomic E-state index is 0.0305. The van der Waals surface area contributed by atoms with Crippen molar-refractivity contribution in [2.24, 2.45) is 0 Å². The van der Waals surface area contributed by atoms with Gasteiger partial charge in [0.05, 0.1) is 17.6 Å². The Labute approximate surface area is 257 Å². The molecule has 0 radical (unpaired) electrons. The first-order chi connectivity index (χ1) is 21.8. The van der Waals surface area contributed by atoms with Crippen molar-refractivity contribution in [2.75, 3.05) is 50.8 Å². The third-order valence-electron chi connectivity index (χ3n) is 9.71. The first-order valence-electron chi connectivity index (χ1n) is 15.3. The zero-order valence-corrected chi connectivity index (χ0v) is 24.5. The van der Waals surface area contributed by atoms with E-state index in [0.717, 1.165) is 38.9 Å². The van der Waals surface area contributed by atoms with E-state index in [-0.39, 0.29) is 64.6 Å². The molecule has 2 aromatic heterocycles. The molecule has 3 fully saturated rings. The number of rotatable bonds is 5. The Kier molecular flexibility index (Phi) is 6.65. The number of terminal acetylenes is 1. The molecule has 3 atom stereocenters. The Morgan fingerprint density at radius 3 is 2.89 bits per heavy atom. The molecule has 0 aliphatic carbocycles. The van der Waals surface area contributed by atoms with Crippen LogP contribution in [0.3, 0.4) is 0 Å². The van der Waals surface area contributed by atoms with E-state index >= 15 is 4.39 Å². The highest BCUT2D eigenvalue weighted by Gasteiger charge is 2.49. The standard InChI is InChI=1S/C33H31F3N6O3/c1-2-22-24(35)5-4-18-12-21(43)13-23(25(18)22)28-27(36)29-26-30(42(20-6-8-37-15-20)10-11-44-31(26)38-28)40-32(39-29)45-17-33-7-3-9-41(33)16-19(34)14-33/h1,4-5,12-13,19-20,37,43H,3,6-11,14-17H2/t19-,20?,33+/m1/s1. The number of nitrogens with zero attached hydrogens (tertiary/aromatic N) is 5. The Morgan fingerprint density at radius 1 is 1.18 bits per heavy atom. The molecule has 232 valence electrons. The number of hydrogen-bond donors (Lipinski definition) is 2. The maximum atomic E-state index is 16.9. The molecule has 0 spiro atoms. The summed E-state index contributed by atoms with van der Waals surface area (Å²) in [5, 5.41) is 14.9. The summed E-state index contributed by atoms with van der Waals surface area (Å²) >= 11 is 0. The molecule has 8 rings (SSSR count). The van der Waals surface area contributed by atoms with Gasteiger partial charge in [0.15, 0.2) is 5.82 Å². The van der Waals surface area contributed by atoms with Crippen molar-refractivity contribution >= 4 is 27.5 Å². The van der Waals surface area contributed by atoms with Crippen LogP contribution in [-0.4, -0.2) is 88.6 Å². The average molecular weight is 617 g/mol. The molecular formula is C33H31F3N6O3. The fourth-order valence-corrected chi connectivity index (χ4v) is 7.67. The van der Waals surface area contributed by atoms with Gasteiger partial charge in [-0.05, 0) is 55.9 Å². The monoisotopic (exact) mass is 616 g/mol. The zero-order valence-electron chi connectivity index (χ0n) is 24.5. The summed E-state index contributed by atoms with van der Waals surface area (Å²) in [5.74, 6) is 1.28. The van der Waals surface area contributed by atoms with E-state index < -0.39 is 23.3 Å². The molecule has 0 amide bonds. The van der Waals surface area contributed by atoms with Crippen LogP contribution in [0.5, 0.6) is 17.6 Å². The second-order valence-corrected chi connectivity index (χ2v) is 12.3. The van der Waals surface area contributed by atoms with Crippen LogP contribution in [0.25, 0.3) is 32.9 Å². The van der Waals surface area contributed by atoms with E-state index in [9.17, 15) is 13.9 Å². The van der Waals surface area contributed by atoms with Gasteiger partial charge in [-0.3, -0.25) is 4.90 Å². The highest BCUT2D eigenvalue weighted by molar-refractivity contribution is 6.04. The molecule has 0 saturated carbocycles. The van der Waals surface area contributed by atoms with Crippen molar-refractivity contribution < 1.29 is 27.8 Å². The minimum atomic E-state index is -0.929. The number of alkyl halides is 1. The summed E-state index contributed by atoms with van der Waals surface area (Å²) in [6.07, 6.45) is 7.74. The molecule has 1 unspecified atom stereocenters. The smallest absolute Gasteiger partial charge is 0.319 e. The average Bonchev–Trinajstić information content (AvgIpc) is 3.73. The first kappa shape index (κ1) is 28.2. The highest BCUT2D eigenvalue weighted by Crippen LogP contribution is 2.44. The number of phenolic OH excluding ortho intramolecular Hbond substituents is 1. The molecule has 9 nitrogen and oxygen atoms in total. The van der Waals surface area contributed by atoms with Crippen LogP contribution < -0.4 is 19.7 Å². The molecule has 0 bridgehead atoms. The molecule has 45 heavy (non-hydrogen) atoms. The van der Waals surface area contributed by atoms with Crippen LogP contribution in [0.4, 0.5) is 19.0 Å². The van der Waals surface area contributed by atoms with Gasteiger partial charge in [-0.15, -0.1) is 6.42 Å². The van der Waals surface area contributed by atoms with Crippen molar-refractivity contribution in [3.05, 3.63) is 41.5 Å². The van der Waals surface area contributed by atoms with Gasteiger partial charge in [-0.1, -0.05) is 12.0 Å². The third-order valence-corrected chi connectivity index (χ3v) is 9.71. The molecule has 4 aliphatic heterocycles. The van der Waals surface area contributed by atoms with Crippen LogP contribution in [0.1, 0.15) is 31.2 Å². The van der Waals surface area contributed by atoms with Crippen LogP contribution in [0.2, 0.25) is 0 Å². The van der Waals surface area contributed by atoms with Gasteiger partial charge in [0.25, 0.3) is 0 Å². The maximum Gasteiger partial charge on any atom is 0.319 e. The van der Waals surface area contributed by atoms with Crippen molar-refractivity contribution in [3.63, 3.8) is 0 Å². The summed E-state index contributed by atoms with van der Waals surface area (Å²) in [6.45, 7) is 3.62. The van der Waals surface area contributed by atoms with E-state index in [1.807, 2.05) is 0 Å². The lowest BCUT2D eigenvalue weighted by molar-refractivity contribution is 0.107. The Hall–Kier alpha value is -4.34. The first-order valence-corrected chi connectivity index (χ1v) is 15.3. The number of aromatic hydroxyl groups is 1. The van der Waals surface area contributed by atoms with Crippen molar-refractivity contribution in [1.29, 1.82) is 0 Å². The van der Waals surface area contributed by atoms with Crippen molar-refractivity contribution in [1.82, 2.24) is 25.2 Å². The lowest BCUT2D eigenvalue weighted by Crippen LogP contribution is -2.43. The van der Waals surface area contributed by atoms with Crippen LogP contribution in [0, 0.1) is 24.0 Å². The molecule has 4 aliphatic rings. The topological polar surface area (TPSA) is 95.9 Å². The lowest BCUT2D eigenvalue weighted by atomic mass is 9.95. The summed E-state index contributed by atoms with van der Waals surface area (Å²) in [6, 6.07) is 5.46. The quantitative estimate of drug-likeness (QED) is 0.318. The van der Waals surface area contributed by atoms with Crippen molar-refractivity contribution in [3.8, 4) is 41.2 Å². The molecule has 12 heteroatoms. The van der Waals surface area contributed by atoms with E-state index in [2.05, 4.69) is 31.0 Å². The van der Waals surface area contributed by atoms with E-state index in [4.69, 9.17) is 20.9 Å². The van der Waals surface area contributed by atoms with E-state index in [0.29, 0.717) is 36.1 Å². The summed E-state index contributed by atoms with van der Waals surface area (Å²) in [7, 11) is 0. The molecule has 2 aromatic carbocycles. The number of aromatic nitrogens is 3. The zero-order chi connectivity index (χ0) is 30.9. The van der Waals surface area contributed by atoms with Gasteiger partial charge in [0, 0.05) is 36.5 Å². The number of ether oxygens (including phenoxy) is 2. The van der Waals surface area contributed by atoms with Gasteiger partial charge < -0.3 is 24.8 Å². The molecule has 6 heterocycles. The van der Waals surface area contributed by atoms with E-state index in [1.165, 1.54) is 24.3 Å². The van der Waals surface area contributed by atoms with Gasteiger partial charge in [0.1, 0.15) is 53.4 Å². The minimum Gasteiger partial charge on any atom is -0.508 e. The number of fused-ring (bicyclic) bond motifs is 2. The second kappa shape index (κ2) is 10.6. The maximum absolute atomic E-state index is 16.9. The van der Waals surface area contributed by atoms with Gasteiger partial charge in [-0.2, -0.15) is 9.97 Å². The highest BCUT2D eigenvalue weighted by atomic mass is 19.1. The summed E-state index contributed by atoms with van der Waals surface area (Å²) in [4.78, 5) is 18.2. The fraction of sp³-hybridized carbons (Fsp3) is 0.424. The van der Waals surface area contributed by atoms with Crippen LogP contribution in [0.15, 0.2) is 24.3 Å². The predicted molar refractivity (Wildman–Crippen MR) is 162 cm³/mol. The Bertz CT molecular complexity index is 1890. The number of benzene rings is 2. The largest absolute Gasteiger partial charge is 0.508 e. The summed E-state index contributed by atoms with van der Waals surface area (Å²) in [5.41, 5.74) is -0.720. The molecule has 2 N–H and O–H groups in total. The molecule has 4 aromatic rings. The third kappa shape index (κ3) is 4.51.